The van der Waals surface area contributed by atoms with Crippen molar-refractivity contribution in [2.75, 3.05) is 0 Å². The lowest BCUT2D eigenvalue weighted by atomic mass is 9.70. The quantitative estimate of drug-likeness (QED) is 0.816. The molecule has 2 rings (SSSR count). The molecular formula is C14H21N3S2. The molecule has 1 aliphatic rings. The van der Waals surface area contributed by atoms with Gasteiger partial charge in [0.2, 0.25) is 0 Å². The predicted molar refractivity (Wildman–Crippen MR) is 80.2 cm³/mol. The Morgan fingerprint density at radius 3 is 2.58 bits per heavy atom. The SMILES string of the molecule is Cc1nnc(SC2CC(C(C)(C)C)CCC2C#N)s1. The van der Waals surface area contributed by atoms with Crippen LogP contribution in [0.4, 0.5) is 0 Å². The smallest absolute Gasteiger partial charge is 0.174 e. The lowest BCUT2D eigenvalue weighted by molar-refractivity contribution is 0.169. The van der Waals surface area contributed by atoms with Crippen LogP contribution in [0.15, 0.2) is 4.34 Å². The van der Waals surface area contributed by atoms with E-state index in [0.717, 1.165) is 22.2 Å². The van der Waals surface area contributed by atoms with Gasteiger partial charge in [-0.05, 0) is 37.5 Å². The summed E-state index contributed by atoms with van der Waals surface area (Å²) in [4.78, 5) is 0. The van der Waals surface area contributed by atoms with Crippen molar-refractivity contribution in [1.29, 1.82) is 5.26 Å². The number of hydrogen-bond acceptors (Lipinski definition) is 5. The van der Waals surface area contributed by atoms with E-state index in [1.54, 1.807) is 23.1 Å². The van der Waals surface area contributed by atoms with Gasteiger partial charge in [-0.2, -0.15) is 5.26 Å². The van der Waals surface area contributed by atoms with Crippen LogP contribution >= 0.6 is 23.1 Å². The van der Waals surface area contributed by atoms with Crippen molar-refractivity contribution in [3.63, 3.8) is 0 Å². The molecule has 1 fully saturated rings. The first-order chi connectivity index (χ1) is 8.90. The van der Waals surface area contributed by atoms with Crippen LogP contribution < -0.4 is 0 Å². The molecule has 1 saturated carbocycles. The molecule has 1 aromatic heterocycles. The van der Waals surface area contributed by atoms with E-state index in [-0.39, 0.29) is 5.92 Å². The summed E-state index contributed by atoms with van der Waals surface area (Å²) in [5, 5.41) is 19.0. The maximum absolute atomic E-state index is 9.34. The van der Waals surface area contributed by atoms with E-state index >= 15 is 0 Å². The van der Waals surface area contributed by atoms with E-state index in [2.05, 4.69) is 37.0 Å². The first kappa shape index (κ1) is 14.8. The number of rotatable bonds is 2. The summed E-state index contributed by atoms with van der Waals surface area (Å²) in [6.07, 6.45) is 3.31. The van der Waals surface area contributed by atoms with E-state index in [4.69, 9.17) is 0 Å². The molecule has 0 bridgehead atoms. The molecule has 3 atom stereocenters. The van der Waals surface area contributed by atoms with Crippen molar-refractivity contribution in [2.45, 2.75) is 56.5 Å². The summed E-state index contributed by atoms with van der Waals surface area (Å²) in [6, 6.07) is 2.49. The molecule has 0 aromatic carbocycles. The van der Waals surface area contributed by atoms with Crippen molar-refractivity contribution in [3.05, 3.63) is 5.01 Å². The Balaban J connectivity index is 2.08. The Bertz CT molecular complexity index is 470. The summed E-state index contributed by atoms with van der Waals surface area (Å²) in [6.45, 7) is 8.89. The first-order valence-corrected chi connectivity index (χ1v) is 8.46. The van der Waals surface area contributed by atoms with Gasteiger partial charge in [-0.25, -0.2) is 0 Å². The monoisotopic (exact) mass is 295 g/mol. The van der Waals surface area contributed by atoms with E-state index in [1.165, 1.54) is 6.42 Å². The molecule has 0 radical (unpaired) electrons. The maximum atomic E-state index is 9.34. The average molecular weight is 295 g/mol. The predicted octanol–water partition coefficient (Wildman–Crippen LogP) is 4.29. The van der Waals surface area contributed by atoms with Crippen molar-refractivity contribution in [1.82, 2.24) is 10.2 Å². The van der Waals surface area contributed by atoms with Gasteiger partial charge in [-0.1, -0.05) is 43.9 Å². The summed E-state index contributed by atoms with van der Waals surface area (Å²) in [7, 11) is 0. The molecule has 1 aromatic rings. The highest BCUT2D eigenvalue weighted by Crippen LogP contribution is 2.45. The molecule has 0 saturated heterocycles. The number of aromatic nitrogens is 2. The van der Waals surface area contributed by atoms with Gasteiger partial charge in [-0.3, -0.25) is 0 Å². The fourth-order valence-corrected chi connectivity index (χ4v) is 5.03. The van der Waals surface area contributed by atoms with Gasteiger partial charge in [0, 0.05) is 5.25 Å². The number of aryl methyl sites for hydroxylation is 1. The zero-order valence-corrected chi connectivity index (χ0v) is 13.6. The molecule has 104 valence electrons. The summed E-state index contributed by atoms with van der Waals surface area (Å²) in [5.41, 5.74) is 0.330. The van der Waals surface area contributed by atoms with Crippen molar-refractivity contribution in [2.24, 2.45) is 17.3 Å². The highest BCUT2D eigenvalue weighted by molar-refractivity contribution is 8.01. The first-order valence-electron chi connectivity index (χ1n) is 6.76. The van der Waals surface area contributed by atoms with Crippen molar-refractivity contribution in [3.8, 4) is 6.07 Å². The van der Waals surface area contributed by atoms with Crippen LogP contribution in [-0.2, 0) is 0 Å². The second-order valence-electron chi connectivity index (χ2n) is 6.35. The Kier molecular flexibility index (Phi) is 4.52. The van der Waals surface area contributed by atoms with Crippen molar-refractivity contribution >= 4 is 23.1 Å². The summed E-state index contributed by atoms with van der Waals surface area (Å²) in [5.74, 6) is 0.858. The Hall–Kier alpha value is -0.600. The number of nitrogens with zero attached hydrogens (tertiary/aromatic N) is 3. The number of nitriles is 1. The van der Waals surface area contributed by atoms with Crippen LogP contribution in [0.3, 0.4) is 0 Å². The Morgan fingerprint density at radius 1 is 1.32 bits per heavy atom. The van der Waals surface area contributed by atoms with Crippen LogP contribution in [0, 0.1) is 35.5 Å². The van der Waals surface area contributed by atoms with Gasteiger partial charge in [0.15, 0.2) is 4.34 Å². The Morgan fingerprint density at radius 2 is 2.05 bits per heavy atom. The third kappa shape index (κ3) is 3.70. The van der Waals surface area contributed by atoms with Crippen LogP contribution in [-0.4, -0.2) is 15.4 Å². The minimum absolute atomic E-state index is 0.160. The number of thioether (sulfide) groups is 1. The molecule has 3 unspecified atom stereocenters. The second-order valence-corrected chi connectivity index (χ2v) is 9.02. The molecule has 1 aliphatic carbocycles. The molecular weight excluding hydrogens is 274 g/mol. The third-order valence-electron chi connectivity index (χ3n) is 3.94. The largest absolute Gasteiger partial charge is 0.198 e. The highest BCUT2D eigenvalue weighted by Gasteiger charge is 2.36. The molecule has 1 heterocycles. The third-order valence-corrected chi connectivity index (χ3v) is 6.22. The van der Waals surface area contributed by atoms with Gasteiger partial charge in [0.05, 0.1) is 12.0 Å². The normalized spacial score (nSPS) is 28.1. The molecule has 0 aliphatic heterocycles. The standard InChI is InChI=1S/C14H21N3S2/c1-9-16-17-13(18-9)19-12-7-11(14(2,3)4)6-5-10(12)8-15/h10-12H,5-7H2,1-4H3. The van der Waals surface area contributed by atoms with Gasteiger partial charge < -0.3 is 0 Å². The second kappa shape index (κ2) is 5.80. The van der Waals surface area contributed by atoms with Crippen LogP contribution in [0.5, 0.6) is 0 Å². The van der Waals surface area contributed by atoms with E-state index in [1.807, 2.05) is 6.92 Å². The molecule has 0 N–H and O–H groups in total. The fraction of sp³-hybridized carbons (Fsp3) is 0.786. The average Bonchev–Trinajstić information content (AvgIpc) is 2.73. The molecule has 0 spiro atoms. The zero-order chi connectivity index (χ0) is 14.0. The lowest BCUT2D eigenvalue weighted by Gasteiger charge is -2.39. The lowest BCUT2D eigenvalue weighted by Crippen LogP contribution is -2.32. The van der Waals surface area contributed by atoms with Crippen LogP contribution in [0.1, 0.15) is 45.0 Å². The van der Waals surface area contributed by atoms with Gasteiger partial charge in [0.25, 0.3) is 0 Å². The summed E-state index contributed by atoms with van der Waals surface area (Å²) < 4.78 is 1.01. The summed E-state index contributed by atoms with van der Waals surface area (Å²) >= 11 is 3.39. The van der Waals surface area contributed by atoms with Gasteiger partial charge in [-0.15, -0.1) is 10.2 Å². The van der Waals surface area contributed by atoms with Gasteiger partial charge in [0.1, 0.15) is 5.01 Å². The fourth-order valence-electron chi connectivity index (χ4n) is 2.65. The molecule has 19 heavy (non-hydrogen) atoms. The van der Waals surface area contributed by atoms with Gasteiger partial charge >= 0.3 is 0 Å². The van der Waals surface area contributed by atoms with E-state index in [9.17, 15) is 5.26 Å². The molecule has 3 nitrogen and oxygen atoms in total. The highest BCUT2D eigenvalue weighted by atomic mass is 32.2. The zero-order valence-electron chi connectivity index (χ0n) is 12.0. The minimum Gasteiger partial charge on any atom is -0.198 e. The van der Waals surface area contributed by atoms with E-state index in [0.29, 0.717) is 16.6 Å². The topological polar surface area (TPSA) is 49.6 Å². The molecule has 5 heteroatoms. The minimum atomic E-state index is 0.160. The molecule has 0 amide bonds. The van der Waals surface area contributed by atoms with Crippen LogP contribution in [0.2, 0.25) is 0 Å². The van der Waals surface area contributed by atoms with Crippen molar-refractivity contribution < 1.29 is 0 Å². The number of hydrogen-bond donors (Lipinski definition) is 0. The van der Waals surface area contributed by atoms with Crippen LogP contribution in [0.25, 0.3) is 0 Å². The Labute approximate surface area is 123 Å². The van der Waals surface area contributed by atoms with E-state index < -0.39 is 0 Å². The maximum Gasteiger partial charge on any atom is 0.174 e.